The molecule has 1 amide bonds. The van der Waals surface area contributed by atoms with Crippen molar-refractivity contribution in [2.75, 3.05) is 25.5 Å². The van der Waals surface area contributed by atoms with Gasteiger partial charge in [-0.15, -0.1) is 0 Å². The molecular weight excluding hydrogens is 334 g/mol. The number of carbonyl (C=O) groups is 1. The molecule has 1 aliphatic rings. The van der Waals surface area contributed by atoms with Crippen molar-refractivity contribution in [3.8, 4) is 0 Å². The molecular formula is C16H23NO6S. The van der Waals surface area contributed by atoms with E-state index >= 15 is 0 Å². The number of rotatable bonds is 7. The van der Waals surface area contributed by atoms with Gasteiger partial charge in [0.25, 0.3) is 0 Å². The second-order valence-corrected chi connectivity index (χ2v) is 7.98. The molecule has 1 unspecified atom stereocenters. The zero-order valence-electron chi connectivity index (χ0n) is 13.3. The van der Waals surface area contributed by atoms with E-state index in [1.165, 1.54) is 12.1 Å². The highest BCUT2D eigenvalue weighted by Gasteiger charge is 2.24. The molecule has 2 rings (SSSR count). The van der Waals surface area contributed by atoms with Crippen LogP contribution in [-0.4, -0.2) is 50.2 Å². The summed E-state index contributed by atoms with van der Waals surface area (Å²) in [4.78, 5) is 10.6. The van der Waals surface area contributed by atoms with Gasteiger partial charge in [0, 0.05) is 19.8 Å². The Bertz CT molecular complexity index is 654. The van der Waals surface area contributed by atoms with Crippen LogP contribution in [0.5, 0.6) is 0 Å². The monoisotopic (exact) mass is 357 g/mol. The van der Waals surface area contributed by atoms with Gasteiger partial charge in [-0.2, -0.15) is 0 Å². The molecule has 1 fully saturated rings. The van der Waals surface area contributed by atoms with Crippen molar-refractivity contribution in [2.45, 2.75) is 30.3 Å². The van der Waals surface area contributed by atoms with E-state index in [2.05, 4.69) is 5.32 Å². The second-order valence-electron chi connectivity index (χ2n) is 5.95. The van der Waals surface area contributed by atoms with E-state index in [1.807, 2.05) is 0 Å². The van der Waals surface area contributed by atoms with Crippen LogP contribution >= 0.6 is 0 Å². The second kappa shape index (κ2) is 8.46. The Morgan fingerprint density at radius 3 is 2.71 bits per heavy atom. The van der Waals surface area contributed by atoms with Crippen LogP contribution in [-0.2, 0) is 14.6 Å². The summed E-state index contributed by atoms with van der Waals surface area (Å²) < 4.78 is 30.4. The smallest absolute Gasteiger partial charge is 0.404 e. The molecule has 0 bridgehead atoms. The van der Waals surface area contributed by atoms with Gasteiger partial charge in [0.1, 0.15) is 0 Å². The average Bonchev–Trinajstić information content (AvgIpc) is 2.55. The lowest BCUT2D eigenvalue weighted by atomic mass is 10.0. The van der Waals surface area contributed by atoms with Crippen LogP contribution in [0.4, 0.5) is 4.79 Å². The summed E-state index contributed by atoms with van der Waals surface area (Å²) in [7, 11) is -3.43. The molecule has 1 heterocycles. The largest absolute Gasteiger partial charge is 0.465 e. The molecule has 3 N–H and O–H groups in total. The van der Waals surface area contributed by atoms with E-state index < -0.39 is 22.0 Å². The van der Waals surface area contributed by atoms with Gasteiger partial charge >= 0.3 is 6.09 Å². The molecule has 0 spiro atoms. The fourth-order valence-corrected chi connectivity index (χ4v) is 4.47. The summed E-state index contributed by atoms with van der Waals surface area (Å²) in [5.41, 5.74) is 0.468. The van der Waals surface area contributed by atoms with Crippen molar-refractivity contribution in [1.29, 1.82) is 0 Å². The molecule has 0 aliphatic carbocycles. The topological polar surface area (TPSA) is 113 Å². The average molecular weight is 357 g/mol. The van der Waals surface area contributed by atoms with Gasteiger partial charge in [-0.05, 0) is 42.9 Å². The molecule has 1 saturated heterocycles. The predicted octanol–water partition coefficient (Wildman–Crippen LogP) is 1.58. The first kappa shape index (κ1) is 18.7. The van der Waals surface area contributed by atoms with Crippen molar-refractivity contribution in [1.82, 2.24) is 5.32 Å². The summed E-state index contributed by atoms with van der Waals surface area (Å²) in [6, 6.07) is 6.24. The summed E-state index contributed by atoms with van der Waals surface area (Å²) in [6.45, 7) is 1.28. The Morgan fingerprint density at radius 1 is 1.33 bits per heavy atom. The number of aliphatic hydroxyl groups is 1. The number of carboxylic acid groups (broad SMARTS) is 1. The van der Waals surface area contributed by atoms with Gasteiger partial charge in [0.05, 0.1) is 16.8 Å². The lowest BCUT2D eigenvalue weighted by Crippen LogP contribution is -2.24. The van der Waals surface area contributed by atoms with E-state index in [0.29, 0.717) is 18.8 Å². The quantitative estimate of drug-likeness (QED) is 0.683. The van der Waals surface area contributed by atoms with Crippen LogP contribution in [0.15, 0.2) is 29.2 Å². The highest BCUT2D eigenvalue weighted by atomic mass is 32.2. The zero-order valence-corrected chi connectivity index (χ0v) is 14.2. The highest BCUT2D eigenvalue weighted by molar-refractivity contribution is 7.91. The lowest BCUT2D eigenvalue weighted by molar-refractivity contribution is 0.0723. The maximum Gasteiger partial charge on any atom is 0.404 e. The number of nitrogens with one attached hydrogen (secondary N) is 1. The van der Waals surface area contributed by atoms with Crippen molar-refractivity contribution in [2.24, 2.45) is 5.92 Å². The molecule has 0 aromatic heterocycles. The normalized spacial score (nSPS) is 17.4. The highest BCUT2D eigenvalue weighted by Crippen LogP contribution is 2.24. The third-order valence-electron chi connectivity index (χ3n) is 4.09. The molecule has 0 radical (unpaired) electrons. The van der Waals surface area contributed by atoms with Gasteiger partial charge in [-0.25, -0.2) is 13.2 Å². The molecule has 7 nitrogen and oxygen atoms in total. The van der Waals surface area contributed by atoms with E-state index in [1.54, 1.807) is 12.1 Å². The zero-order chi connectivity index (χ0) is 17.6. The molecule has 8 heteroatoms. The number of sulfone groups is 1. The third kappa shape index (κ3) is 5.47. The van der Waals surface area contributed by atoms with Gasteiger partial charge < -0.3 is 20.3 Å². The minimum Gasteiger partial charge on any atom is -0.465 e. The van der Waals surface area contributed by atoms with Crippen molar-refractivity contribution in [3.05, 3.63) is 29.8 Å². The summed E-state index contributed by atoms with van der Waals surface area (Å²) in [6.07, 6.45) is -0.425. The number of ether oxygens (including phenoxy) is 1. The number of aliphatic hydroxyl groups excluding tert-OH is 1. The number of hydrogen-bond acceptors (Lipinski definition) is 5. The van der Waals surface area contributed by atoms with Gasteiger partial charge in [0.15, 0.2) is 9.84 Å². The van der Waals surface area contributed by atoms with E-state index in [-0.39, 0.29) is 29.5 Å². The van der Waals surface area contributed by atoms with E-state index in [4.69, 9.17) is 9.84 Å². The molecule has 1 atom stereocenters. The van der Waals surface area contributed by atoms with Crippen molar-refractivity contribution < 1.29 is 28.2 Å². The predicted molar refractivity (Wildman–Crippen MR) is 87.6 cm³/mol. The summed E-state index contributed by atoms with van der Waals surface area (Å²) >= 11 is 0. The number of amides is 1. The molecule has 24 heavy (non-hydrogen) atoms. The first-order valence-electron chi connectivity index (χ1n) is 7.94. The molecule has 1 aromatic rings. The fraction of sp³-hybridized carbons (Fsp3) is 0.562. The number of hydrogen-bond donors (Lipinski definition) is 3. The van der Waals surface area contributed by atoms with Crippen LogP contribution in [0.3, 0.4) is 0 Å². The summed E-state index contributed by atoms with van der Waals surface area (Å²) in [5.74, 6) is 0.174. The minimum atomic E-state index is -3.43. The molecule has 0 saturated carbocycles. The van der Waals surface area contributed by atoms with Gasteiger partial charge in [-0.3, -0.25) is 0 Å². The Morgan fingerprint density at radius 2 is 2.04 bits per heavy atom. The first-order valence-corrected chi connectivity index (χ1v) is 9.59. The van der Waals surface area contributed by atoms with Crippen LogP contribution in [0, 0.1) is 5.92 Å². The van der Waals surface area contributed by atoms with E-state index in [0.717, 1.165) is 12.8 Å². The molecule has 1 aliphatic heterocycles. The SMILES string of the molecule is O=C(O)NCCC(O)c1cccc(S(=O)(=O)CC2CCOCC2)c1. The minimum absolute atomic E-state index is 0.0798. The van der Waals surface area contributed by atoms with E-state index in [9.17, 15) is 18.3 Å². The van der Waals surface area contributed by atoms with Crippen LogP contribution in [0.25, 0.3) is 0 Å². The first-order chi connectivity index (χ1) is 11.4. The third-order valence-corrected chi connectivity index (χ3v) is 5.97. The van der Waals surface area contributed by atoms with Crippen LogP contribution < -0.4 is 5.32 Å². The van der Waals surface area contributed by atoms with Gasteiger partial charge in [-0.1, -0.05) is 12.1 Å². The van der Waals surface area contributed by atoms with Crippen molar-refractivity contribution >= 4 is 15.9 Å². The Balaban J connectivity index is 2.03. The standard InChI is InChI=1S/C16H23NO6S/c18-15(4-7-17-16(19)20)13-2-1-3-14(10-13)24(21,22)11-12-5-8-23-9-6-12/h1-3,10,12,15,17-18H,4-9,11H2,(H,19,20). The molecule has 134 valence electrons. The molecule has 1 aromatic carbocycles. The lowest BCUT2D eigenvalue weighted by Gasteiger charge is -2.22. The number of benzene rings is 1. The summed E-state index contributed by atoms with van der Waals surface area (Å²) in [5, 5.41) is 20.8. The van der Waals surface area contributed by atoms with Crippen molar-refractivity contribution in [3.63, 3.8) is 0 Å². The Hall–Kier alpha value is -1.64. The Labute approximate surface area is 141 Å². The van der Waals surface area contributed by atoms with Crippen LogP contribution in [0.2, 0.25) is 0 Å². The maximum absolute atomic E-state index is 12.6. The van der Waals surface area contributed by atoms with Crippen LogP contribution in [0.1, 0.15) is 30.9 Å². The Kier molecular flexibility index (Phi) is 6.59. The maximum atomic E-state index is 12.6. The van der Waals surface area contributed by atoms with Gasteiger partial charge in [0.2, 0.25) is 0 Å². The fourth-order valence-electron chi connectivity index (χ4n) is 2.72.